The van der Waals surface area contributed by atoms with Crippen LogP contribution in [0.2, 0.25) is 0 Å². The molecule has 2 N–H and O–H groups in total. The van der Waals surface area contributed by atoms with E-state index >= 15 is 0 Å². The average molecular weight is 316 g/mol. The quantitative estimate of drug-likeness (QED) is 0.733. The summed E-state index contributed by atoms with van der Waals surface area (Å²) in [6.07, 6.45) is 5.88. The van der Waals surface area contributed by atoms with Gasteiger partial charge in [-0.15, -0.1) is 11.3 Å². The molecule has 20 heavy (non-hydrogen) atoms. The summed E-state index contributed by atoms with van der Waals surface area (Å²) in [4.78, 5) is 4.93. The van der Waals surface area contributed by atoms with E-state index in [9.17, 15) is 8.42 Å². The Hall–Kier alpha value is -1.12. The van der Waals surface area contributed by atoms with Crippen molar-refractivity contribution in [1.29, 1.82) is 0 Å². The van der Waals surface area contributed by atoms with Crippen LogP contribution in [-0.4, -0.2) is 31.4 Å². The van der Waals surface area contributed by atoms with Crippen LogP contribution in [0.15, 0.2) is 16.6 Å². The molecule has 2 aromatic rings. The van der Waals surface area contributed by atoms with Gasteiger partial charge in [-0.2, -0.15) is 0 Å². The minimum absolute atomic E-state index is 0.187. The van der Waals surface area contributed by atoms with Crippen molar-refractivity contribution in [3.63, 3.8) is 0 Å². The fourth-order valence-electron chi connectivity index (χ4n) is 2.01. The fraction of sp³-hybridized carbons (Fsp3) is 0.583. The van der Waals surface area contributed by atoms with E-state index in [-0.39, 0.29) is 5.03 Å². The zero-order valence-electron chi connectivity index (χ0n) is 11.7. The maximum atomic E-state index is 12.4. The lowest BCUT2D eigenvalue weighted by molar-refractivity contribution is 0.569. The molecule has 0 aliphatic rings. The largest absolute Gasteiger partial charge is 0.371 e. The third-order valence-electron chi connectivity index (χ3n) is 3.03. The highest BCUT2D eigenvalue weighted by Gasteiger charge is 2.24. The molecule has 2 heterocycles. The smallest absolute Gasteiger partial charge is 0.260 e. The average Bonchev–Trinajstić information content (AvgIpc) is 2.97. The van der Waals surface area contributed by atoms with Crippen molar-refractivity contribution in [1.82, 2.24) is 14.1 Å². The number of nitrogens with zero attached hydrogens (tertiary/aromatic N) is 2. The topological polar surface area (TPSA) is 75.5 Å². The Morgan fingerprint density at radius 2 is 2.15 bits per heavy atom. The lowest BCUT2D eigenvalue weighted by Crippen LogP contribution is -2.26. The monoisotopic (exact) mass is 316 g/mol. The van der Waals surface area contributed by atoms with E-state index in [1.807, 2.05) is 5.38 Å². The first kappa shape index (κ1) is 15.3. The number of sulfonamides is 1. The van der Waals surface area contributed by atoms with Gasteiger partial charge in [-0.3, -0.25) is 4.40 Å². The minimum atomic E-state index is -3.55. The Morgan fingerprint density at radius 3 is 2.85 bits per heavy atom. The van der Waals surface area contributed by atoms with Crippen LogP contribution >= 0.6 is 11.3 Å². The van der Waals surface area contributed by atoms with E-state index < -0.39 is 10.0 Å². The molecule has 0 bridgehead atoms. The van der Waals surface area contributed by atoms with Crippen molar-refractivity contribution in [2.24, 2.45) is 0 Å². The van der Waals surface area contributed by atoms with Gasteiger partial charge in [-0.05, 0) is 6.42 Å². The van der Waals surface area contributed by atoms with Crippen LogP contribution in [0, 0.1) is 0 Å². The Morgan fingerprint density at radius 1 is 1.35 bits per heavy atom. The maximum absolute atomic E-state index is 12.4. The van der Waals surface area contributed by atoms with Gasteiger partial charge in [0.05, 0.1) is 0 Å². The van der Waals surface area contributed by atoms with Crippen molar-refractivity contribution in [3.05, 3.63) is 11.6 Å². The van der Waals surface area contributed by atoms with Gasteiger partial charge in [-0.1, -0.05) is 26.2 Å². The molecule has 0 fully saturated rings. The van der Waals surface area contributed by atoms with Crippen LogP contribution in [0.1, 0.15) is 32.6 Å². The van der Waals surface area contributed by atoms with Gasteiger partial charge in [-0.25, -0.2) is 18.1 Å². The molecular weight excluding hydrogens is 296 g/mol. The molecule has 0 unspecified atom stereocenters. The van der Waals surface area contributed by atoms with Crippen molar-refractivity contribution in [2.75, 3.05) is 18.9 Å². The van der Waals surface area contributed by atoms with E-state index in [2.05, 4.69) is 21.9 Å². The van der Waals surface area contributed by atoms with Crippen molar-refractivity contribution < 1.29 is 8.42 Å². The van der Waals surface area contributed by atoms with Gasteiger partial charge in [0, 0.05) is 25.2 Å². The zero-order chi connectivity index (χ0) is 14.6. The number of unbranched alkanes of at least 4 members (excludes halogenated alkanes) is 3. The van der Waals surface area contributed by atoms with Crippen LogP contribution in [-0.2, 0) is 10.0 Å². The Balaban J connectivity index is 2.16. The van der Waals surface area contributed by atoms with Crippen molar-refractivity contribution in [2.45, 2.75) is 37.6 Å². The summed E-state index contributed by atoms with van der Waals surface area (Å²) in [5, 5.41) is 4.85. The third-order valence-corrected chi connectivity index (χ3v) is 5.27. The number of rotatable bonds is 8. The highest BCUT2D eigenvalue weighted by molar-refractivity contribution is 7.89. The molecule has 0 atom stereocenters. The molecule has 0 radical (unpaired) electrons. The molecule has 0 saturated heterocycles. The highest BCUT2D eigenvalue weighted by atomic mass is 32.2. The molecule has 6 nitrogen and oxygen atoms in total. The van der Waals surface area contributed by atoms with E-state index in [1.165, 1.54) is 11.3 Å². The normalized spacial score (nSPS) is 12.1. The van der Waals surface area contributed by atoms with Gasteiger partial charge in [0.2, 0.25) is 0 Å². The SMILES string of the molecule is CCCCCCNS(=O)(=O)c1c(NC)nc2sccn12. The predicted octanol–water partition coefficient (Wildman–Crippen LogP) is 2.30. The molecule has 0 aliphatic carbocycles. The molecule has 0 aromatic carbocycles. The minimum Gasteiger partial charge on any atom is -0.371 e. The molecule has 2 rings (SSSR count). The predicted molar refractivity (Wildman–Crippen MR) is 81.9 cm³/mol. The molecule has 8 heteroatoms. The number of imidazole rings is 1. The fourth-order valence-corrected chi connectivity index (χ4v) is 4.14. The number of nitrogens with one attached hydrogen (secondary N) is 2. The third kappa shape index (κ3) is 3.13. The van der Waals surface area contributed by atoms with E-state index in [1.54, 1.807) is 17.6 Å². The number of aromatic nitrogens is 2. The first-order valence-electron chi connectivity index (χ1n) is 6.73. The number of hydrogen-bond acceptors (Lipinski definition) is 5. The Bertz CT molecular complexity index is 660. The molecule has 0 aliphatic heterocycles. The molecular formula is C12H20N4O2S2. The second-order valence-electron chi connectivity index (χ2n) is 4.53. The number of anilines is 1. The van der Waals surface area contributed by atoms with Gasteiger partial charge in [0.25, 0.3) is 10.0 Å². The lowest BCUT2D eigenvalue weighted by Gasteiger charge is -2.07. The lowest BCUT2D eigenvalue weighted by atomic mass is 10.2. The summed E-state index contributed by atoms with van der Waals surface area (Å²) >= 11 is 1.41. The zero-order valence-corrected chi connectivity index (χ0v) is 13.4. The Kier molecular flexibility index (Phi) is 5.00. The molecule has 2 aromatic heterocycles. The van der Waals surface area contributed by atoms with Gasteiger partial charge in [0.1, 0.15) is 0 Å². The van der Waals surface area contributed by atoms with E-state index in [0.29, 0.717) is 17.3 Å². The molecule has 0 amide bonds. The van der Waals surface area contributed by atoms with E-state index in [4.69, 9.17) is 0 Å². The molecule has 0 spiro atoms. The van der Waals surface area contributed by atoms with Crippen LogP contribution in [0.4, 0.5) is 5.82 Å². The van der Waals surface area contributed by atoms with Gasteiger partial charge < -0.3 is 5.32 Å². The first-order valence-corrected chi connectivity index (χ1v) is 9.09. The van der Waals surface area contributed by atoms with Gasteiger partial charge in [0.15, 0.2) is 15.8 Å². The summed E-state index contributed by atoms with van der Waals surface area (Å²) in [6.45, 7) is 2.59. The summed E-state index contributed by atoms with van der Waals surface area (Å²) in [6, 6.07) is 0. The summed E-state index contributed by atoms with van der Waals surface area (Å²) in [7, 11) is -1.88. The summed E-state index contributed by atoms with van der Waals surface area (Å²) < 4.78 is 29.1. The number of thiazole rings is 1. The number of fused-ring (bicyclic) bond motifs is 1. The second kappa shape index (κ2) is 6.55. The summed E-state index contributed by atoms with van der Waals surface area (Å²) in [5.41, 5.74) is 0. The van der Waals surface area contributed by atoms with Crippen LogP contribution in [0.25, 0.3) is 4.96 Å². The maximum Gasteiger partial charge on any atom is 0.260 e. The van der Waals surface area contributed by atoms with Crippen LogP contribution < -0.4 is 10.0 Å². The van der Waals surface area contributed by atoms with Crippen LogP contribution in [0.5, 0.6) is 0 Å². The Labute approximate surface area is 123 Å². The number of hydrogen-bond donors (Lipinski definition) is 2. The van der Waals surface area contributed by atoms with E-state index in [0.717, 1.165) is 25.7 Å². The standard InChI is InChI=1S/C12H20N4O2S2/c1-3-4-5-6-7-14-20(17,18)11-10(13-2)15-12-16(11)8-9-19-12/h8-9,13-14H,3-7H2,1-2H3. The second-order valence-corrected chi connectivity index (χ2v) is 7.08. The van der Waals surface area contributed by atoms with Gasteiger partial charge >= 0.3 is 0 Å². The summed E-state index contributed by atoms with van der Waals surface area (Å²) in [5.74, 6) is 0.387. The first-order chi connectivity index (χ1) is 9.60. The van der Waals surface area contributed by atoms with Crippen LogP contribution in [0.3, 0.4) is 0 Å². The molecule has 0 saturated carbocycles. The molecule has 112 valence electrons. The van der Waals surface area contributed by atoms with Crippen molar-refractivity contribution >= 4 is 32.1 Å². The highest BCUT2D eigenvalue weighted by Crippen LogP contribution is 2.25. The van der Waals surface area contributed by atoms with Crippen molar-refractivity contribution in [3.8, 4) is 0 Å².